The number of fused-ring (bicyclic) bond motifs is 1. The van der Waals surface area contributed by atoms with E-state index in [2.05, 4.69) is 123 Å². The van der Waals surface area contributed by atoms with Gasteiger partial charge in [-0.3, -0.25) is 0 Å². The number of rotatable bonds is 6. The smallest absolute Gasteiger partial charge is 0.123 e. The van der Waals surface area contributed by atoms with E-state index in [1.165, 1.54) is 21.5 Å². The number of aliphatic hydroxyl groups is 1. The number of hydrogen-bond acceptors (Lipinski definition) is 2. The molecule has 5 rings (SSSR count). The summed E-state index contributed by atoms with van der Waals surface area (Å²) in [6, 6.07) is 39.6. The van der Waals surface area contributed by atoms with Crippen LogP contribution in [0.1, 0.15) is 30.6 Å². The van der Waals surface area contributed by atoms with Gasteiger partial charge in [0.2, 0.25) is 0 Å². The second kappa shape index (κ2) is 8.78. The average Bonchev–Trinajstić information content (AvgIpc) is 3.23. The fraction of sp³-hybridized carbons (Fsp3) is 0.200. The van der Waals surface area contributed by atoms with Crippen LogP contribution in [0.2, 0.25) is 0 Å². The monoisotopic (exact) mass is 453 g/mol. The van der Waals surface area contributed by atoms with Crippen LogP contribution in [0.3, 0.4) is 0 Å². The van der Waals surface area contributed by atoms with Gasteiger partial charge in [0.05, 0.1) is 18.6 Å². The average molecular weight is 454 g/mol. The van der Waals surface area contributed by atoms with Crippen LogP contribution < -0.4 is 20.7 Å². The van der Waals surface area contributed by atoms with Gasteiger partial charge in [-0.15, -0.1) is 0 Å². The summed E-state index contributed by atoms with van der Waals surface area (Å²) in [6.45, 7) is 5.05. The zero-order valence-electron chi connectivity index (χ0n) is 19.2. The molecule has 2 atom stereocenters. The topological polar surface area (TPSA) is 29.5 Å². The molecule has 1 aliphatic heterocycles. The molecule has 0 amide bonds. The minimum Gasteiger partial charge on any atom is -0.492 e. The van der Waals surface area contributed by atoms with Crippen LogP contribution in [0.25, 0.3) is 0 Å². The summed E-state index contributed by atoms with van der Waals surface area (Å²) >= 11 is 0. The molecule has 2 nitrogen and oxygen atoms in total. The molecule has 0 spiro atoms. The lowest BCUT2D eigenvalue weighted by atomic mass is 9.84. The van der Waals surface area contributed by atoms with Crippen LogP contribution >= 0.6 is 7.26 Å². The Morgan fingerprint density at radius 1 is 0.788 bits per heavy atom. The Labute approximate surface area is 197 Å². The summed E-state index contributed by atoms with van der Waals surface area (Å²) in [7, 11) is -2.04. The normalized spacial score (nSPS) is 18.4. The lowest BCUT2D eigenvalue weighted by Crippen LogP contribution is -2.34. The molecule has 1 aliphatic rings. The Kier molecular flexibility index (Phi) is 5.83. The van der Waals surface area contributed by atoms with Crippen LogP contribution in [0, 0.1) is 0 Å². The number of hydrogen-bond donors (Lipinski definition) is 1. The van der Waals surface area contributed by atoms with Crippen molar-refractivity contribution >= 4 is 23.2 Å². The lowest BCUT2D eigenvalue weighted by Gasteiger charge is -2.33. The van der Waals surface area contributed by atoms with Crippen LogP contribution in [-0.2, 0) is 5.41 Å². The highest BCUT2D eigenvalue weighted by molar-refractivity contribution is 7.95. The maximum Gasteiger partial charge on any atom is 0.123 e. The van der Waals surface area contributed by atoms with Gasteiger partial charge in [0.1, 0.15) is 34.6 Å². The maximum absolute atomic E-state index is 10.1. The van der Waals surface area contributed by atoms with Gasteiger partial charge in [-0.05, 0) is 67.9 Å². The highest BCUT2D eigenvalue weighted by Gasteiger charge is 2.51. The fourth-order valence-electron chi connectivity index (χ4n) is 5.18. The fourth-order valence-corrected chi connectivity index (χ4v) is 9.95. The van der Waals surface area contributed by atoms with E-state index in [9.17, 15) is 5.11 Å². The van der Waals surface area contributed by atoms with E-state index < -0.39 is 7.26 Å². The predicted octanol–water partition coefficient (Wildman–Crippen LogP) is 5.38. The van der Waals surface area contributed by atoms with E-state index in [0.717, 1.165) is 11.3 Å². The Morgan fingerprint density at radius 3 is 1.73 bits per heavy atom. The van der Waals surface area contributed by atoms with E-state index in [0.29, 0.717) is 6.61 Å². The van der Waals surface area contributed by atoms with Crippen molar-refractivity contribution in [2.24, 2.45) is 0 Å². The molecule has 1 N–H and O–H groups in total. The zero-order valence-corrected chi connectivity index (χ0v) is 20.1. The second-order valence-corrected chi connectivity index (χ2v) is 12.9. The summed E-state index contributed by atoms with van der Waals surface area (Å²) in [5.74, 6) is 0.894. The largest absolute Gasteiger partial charge is 0.492 e. The van der Waals surface area contributed by atoms with Gasteiger partial charge < -0.3 is 9.84 Å². The van der Waals surface area contributed by atoms with Crippen molar-refractivity contribution in [1.29, 1.82) is 0 Å². The van der Waals surface area contributed by atoms with Crippen molar-refractivity contribution in [3.63, 3.8) is 0 Å². The molecule has 0 saturated carbocycles. The third-order valence-corrected chi connectivity index (χ3v) is 11.9. The number of benzene rings is 4. The molecule has 0 aromatic heterocycles. The molecule has 0 bridgehead atoms. The summed E-state index contributed by atoms with van der Waals surface area (Å²) in [5.41, 5.74) is 2.27. The Bertz CT molecular complexity index is 1130. The quantitative estimate of drug-likeness (QED) is 0.397. The maximum atomic E-state index is 10.1. The third-order valence-electron chi connectivity index (χ3n) is 7.10. The molecule has 2 unspecified atom stereocenters. The minimum atomic E-state index is -2.04. The Hall–Kier alpha value is -2.93. The summed E-state index contributed by atoms with van der Waals surface area (Å²) in [4.78, 5) is 0. The predicted molar refractivity (Wildman–Crippen MR) is 140 cm³/mol. The molecule has 33 heavy (non-hydrogen) atoms. The highest BCUT2D eigenvalue weighted by Crippen LogP contribution is 2.66. The van der Waals surface area contributed by atoms with E-state index >= 15 is 0 Å². The SMILES string of the molecule is CC(c1ccc2c(c1)C(C)(CO)CO2)[P+](c1ccccc1)(c1ccccc1)c1ccccc1. The van der Waals surface area contributed by atoms with Gasteiger partial charge in [0, 0.05) is 5.56 Å². The zero-order chi connectivity index (χ0) is 22.9. The molecular weight excluding hydrogens is 423 g/mol. The van der Waals surface area contributed by atoms with Crippen molar-refractivity contribution in [2.45, 2.75) is 24.9 Å². The van der Waals surface area contributed by atoms with Crippen LogP contribution in [0.4, 0.5) is 0 Å². The third kappa shape index (κ3) is 3.59. The van der Waals surface area contributed by atoms with Gasteiger partial charge in [-0.1, -0.05) is 60.7 Å². The van der Waals surface area contributed by atoms with E-state index in [1.807, 2.05) is 0 Å². The van der Waals surface area contributed by atoms with Crippen LogP contribution in [0.15, 0.2) is 109 Å². The molecule has 1 heterocycles. The molecule has 166 valence electrons. The number of ether oxygens (including phenoxy) is 1. The van der Waals surface area contributed by atoms with Gasteiger partial charge in [-0.25, -0.2) is 0 Å². The first-order valence-electron chi connectivity index (χ1n) is 11.5. The Morgan fingerprint density at radius 2 is 1.27 bits per heavy atom. The van der Waals surface area contributed by atoms with Gasteiger partial charge in [0.25, 0.3) is 0 Å². The molecule has 0 fully saturated rings. The standard InChI is InChI=1S/C30H30O2P/c1-23(24-18-19-29-28(20-24)30(2,21-31)22-32-29)33(25-12-6-3-7-13-25,26-14-8-4-9-15-26)27-16-10-5-11-17-27/h3-20,23,31H,21-22H2,1-2H3/q+1. The minimum absolute atomic E-state index is 0.0776. The van der Waals surface area contributed by atoms with E-state index in [4.69, 9.17) is 4.74 Å². The first-order valence-corrected chi connectivity index (χ1v) is 13.4. The first kappa shape index (κ1) is 21.9. The van der Waals surface area contributed by atoms with Crippen molar-refractivity contribution in [3.05, 3.63) is 120 Å². The molecule has 0 saturated heterocycles. The summed E-state index contributed by atoms with van der Waals surface area (Å²) < 4.78 is 5.93. The van der Waals surface area contributed by atoms with Crippen molar-refractivity contribution in [2.75, 3.05) is 13.2 Å². The molecule has 4 aromatic carbocycles. The molecule has 3 heteroatoms. The summed E-state index contributed by atoms with van der Waals surface area (Å²) in [5, 5.41) is 14.2. The van der Waals surface area contributed by atoms with Crippen molar-refractivity contribution < 1.29 is 9.84 Å². The van der Waals surface area contributed by atoms with Gasteiger partial charge in [-0.2, -0.15) is 0 Å². The van der Waals surface area contributed by atoms with Crippen LogP contribution in [-0.4, -0.2) is 18.3 Å². The van der Waals surface area contributed by atoms with Crippen molar-refractivity contribution in [1.82, 2.24) is 0 Å². The van der Waals surface area contributed by atoms with E-state index in [-0.39, 0.29) is 17.7 Å². The molecule has 4 aromatic rings. The van der Waals surface area contributed by atoms with Crippen molar-refractivity contribution in [3.8, 4) is 5.75 Å². The van der Waals surface area contributed by atoms with Gasteiger partial charge >= 0.3 is 0 Å². The number of aliphatic hydroxyl groups excluding tert-OH is 1. The summed E-state index contributed by atoms with van der Waals surface area (Å²) in [6.07, 6.45) is 0. The molecule has 0 radical (unpaired) electrons. The molecular formula is C30H30O2P+. The lowest BCUT2D eigenvalue weighted by molar-refractivity contribution is 0.171. The second-order valence-electron chi connectivity index (χ2n) is 9.17. The highest BCUT2D eigenvalue weighted by atomic mass is 31.2. The van der Waals surface area contributed by atoms with E-state index in [1.54, 1.807) is 0 Å². The first-order chi connectivity index (χ1) is 16.1. The van der Waals surface area contributed by atoms with Gasteiger partial charge in [0.15, 0.2) is 0 Å². The van der Waals surface area contributed by atoms with Crippen LogP contribution in [0.5, 0.6) is 5.75 Å². The Balaban J connectivity index is 1.78. The molecule has 0 aliphatic carbocycles.